The van der Waals surface area contributed by atoms with Crippen LogP contribution in [0.15, 0.2) is 0 Å². The number of hydrogen-bond acceptors (Lipinski definition) is 1. The van der Waals surface area contributed by atoms with Crippen LogP contribution in [0.4, 0.5) is 0 Å². The first kappa shape index (κ1) is 13.0. The summed E-state index contributed by atoms with van der Waals surface area (Å²) in [6, 6.07) is 0. The highest BCUT2D eigenvalue weighted by Crippen LogP contribution is 2.19. The molecule has 0 aliphatic heterocycles. The van der Waals surface area contributed by atoms with E-state index in [-0.39, 0.29) is 5.12 Å². The molecule has 0 aliphatic carbocycles. The highest BCUT2D eigenvalue weighted by molar-refractivity contribution is 7.96. The van der Waals surface area contributed by atoms with E-state index in [1.807, 2.05) is 0 Å². The average molecular weight is 202 g/mol. The maximum atomic E-state index is 10.7. The minimum absolute atomic E-state index is 0.0361. The van der Waals surface area contributed by atoms with Crippen molar-refractivity contribution in [2.24, 2.45) is 5.92 Å². The first-order valence-corrected chi connectivity index (χ1v) is 5.87. The first-order chi connectivity index (χ1) is 6.20. The molecule has 0 saturated heterocycles. The molecule has 0 rings (SSSR count). The molecule has 0 aromatic rings. The van der Waals surface area contributed by atoms with Crippen molar-refractivity contribution in [3.63, 3.8) is 0 Å². The molecule has 0 heterocycles. The van der Waals surface area contributed by atoms with Crippen LogP contribution in [0.1, 0.15) is 58.8 Å². The van der Waals surface area contributed by atoms with E-state index >= 15 is 0 Å². The maximum Gasteiger partial charge on any atom is 0.185 e. The lowest BCUT2D eigenvalue weighted by atomic mass is 9.94. The van der Waals surface area contributed by atoms with E-state index in [1.54, 1.807) is 0 Å². The largest absolute Gasteiger partial charge is 0.288 e. The Kier molecular flexibility index (Phi) is 8.62. The van der Waals surface area contributed by atoms with Crippen molar-refractivity contribution in [1.29, 1.82) is 0 Å². The van der Waals surface area contributed by atoms with Crippen LogP contribution in [0.5, 0.6) is 0 Å². The molecule has 78 valence electrons. The van der Waals surface area contributed by atoms with Gasteiger partial charge in [0.15, 0.2) is 5.12 Å². The van der Waals surface area contributed by atoms with Crippen LogP contribution >= 0.6 is 12.6 Å². The van der Waals surface area contributed by atoms with Gasteiger partial charge in [0, 0.05) is 6.42 Å². The second-order valence-corrected chi connectivity index (χ2v) is 4.20. The highest BCUT2D eigenvalue weighted by Gasteiger charge is 2.07. The minimum Gasteiger partial charge on any atom is -0.288 e. The van der Waals surface area contributed by atoms with Crippen LogP contribution in [-0.2, 0) is 4.79 Å². The summed E-state index contributed by atoms with van der Waals surface area (Å²) < 4.78 is 0. The SMILES string of the molecule is CCCCCC(CC)CCC(=O)S. The molecule has 0 bridgehead atoms. The van der Waals surface area contributed by atoms with Gasteiger partial charge < -0.3 is 0 Å². The van der Waals surface area contributed by atoms with E-state index in [0.717, 1.165) is 12.3 Å². The predicted octanol–water partition coefficient (Wildman–Crippen LogP) is 3.83. The van der Waals surface area contributed by atoms with Gasteiger partial charge in [0.25, 0.3) is 0 Å². The summed E-state index contributed by atoms with van der Waals surface area (Å²) in [5.74, 6) is 0.739. The lowest BCUT2D eigenvalue weighted by Crippen LogP contribution is -2.01. The van der Waals surface area contributed by atoms with E-state index in [0.29, 0.717) is 6.42 Å². The van der Waals surface area contributed by atoms with Crippen molar-refractivity contribution >= 4 is 17.7 Å². The van der Waals surface area contributed by atoms with Gasteiger partial charge in [0.1, 0.15) is 0 Å². The molecular weight excluding hydrogens is 180 g/mol. The number of rotatable bonds is 8. The number of unbranched alkanes of at least 4 members (excludes halogenated alkanes) is 2. The third kappa shape index (κ3) is 8.35. The molecule has 0 radical (unpaired) electrons. The van der Waals surface area contributed by atoms with Gasteiger partial charge in [0.2, 0.25) is 0 Å². The fraction of sp³-hybridized carbons (Fsp3) is 0.909. The smallest absolute Gasteiger partial charge is 0.185 e. The van der Waals surface area contributed by atoms with Gasteiger partial charge in [-0.15, -0.1) is 12.6 Å². The molecule has 0 saturated carbocycles. The number of carbonyl (C=O) groups is 1. The van der Waals surface area contributed by atoms with E-state index in [4.69, 9.17) is 0 Å². The van der Waals surface area contributed by atoms with Crippen molar-refractivity contribution in [2.75, 3.05) is 0 Å². The monoisotopic (exact) mass is 202 g/mol. The van der Waals surface area contributed by atoms with E-state index in [2.05, 4.69) is 26.5 Å². The lowest BCUT2D eigenvalue weighted by Gasteiger charge is -2.12. The van der Waals surface area contributed by atoms with E-state index in [9.17, 15) is 4.79 Å². The molecule has 0 spiro atoms. The fourth-order valence-corrected chi connectivity index (χ4v) is 1.69. The molecule has 1 unspecified atom stereocenters. The molecule has 0 aromatic carbocycles. The summed E-state index contributed by atoms with van der Waals surface area (Å²) in [4.78, 5) is 10.7. The summed E-state index contributed by atoms with van der Waals surface area (Å²) in [5, 5.41) is 0.0361. The molecule has 13 heavy (non-hydrogen) atoms. The van der Waals surface area contributed by atoms with Crippen molar-refractivity contribution in [1.82, 2.24) is 0 Å². The normalized spacial score (nSPS) is 12.8. The van der Waals surface area contributed by atoms with E-state index in [1.165, 1.54) is 32.1 Å². The Bertz CT molecular complexity index is 134. The summed E-state index contributed by atoms with van der Waals surface area (Å²) in [5.41, 5.74) is 0. The van der Waals surface area contributed by atoms with Gasteiger partial charge in [-0.3, -0.25) is 4.79 Å². The van der Waals surface area contributed by atoms with Gasteiger partial charge >= 0.3 is 0 Å². The lowest BCUT2D eigenvalue weighted by molar-refractivity contribution is -0.111. The summed E-state index contributed by atoms with van der Waals surface area (Å²) >= 11 is 3.78. The Hall–Kier alpha value is 0.0200. The topological polar surface area (TPSA) is 17.1 Å². The van der Waals surface area contributed by atoms with Crippen LogP contribution in [0.25, 0.3) is 0 Å². The third-order valence-electron chi connectivity index (χ3n) is 2.56. The molecule has 1 nitrogen and oxygen atoms in total. The van der Waals surface area contributed by atoms with Crippen molar-refractivity contribution in [3.05, 3.63) is 0 Å². The minimum atomic E-state index is 0.0361. The molecule has 0 fully saturated rings. The molecule has 1 atom stereocenters. The van der Waals surface area contributed by atoms with Crippen LogP contribution in [0.2, 0.25) is 0 Å². The van der Waals surface area contributed by atoms with Gasteiger partial charge in [-0.2, -0.15) is 0 Å². The van der Waals surface area contributed by atoms with Crippen LogP contribution < -0.4 is 0 Å². The molecule has 0 aromatic heterocycles. The Morgan fingerprint density at radius 1 is 1.23 bits per heavy atom. The zero-order chi connectivity index (χ0) is 10.1. The number of thiol groups is 1. The Morgan fingerprint density at radius 3 is 2.38 bits per heavy atom. The zero-order valence-electron chi connectivity index (χ0n) is 8.88. The summed E-state index contributed by atoms with van der Waals surface area (Å²) in [6.45, 7) is 4.43. The maximum absolute atomic E-state index is 10.7. The predicted molar refractivity (Wildman–Crippen MR) is 61.2 cm³/mol. The summed E-state index contributed by atoms with van der Waals surface area (Å²) in [6.07, 6.45) is 8.08. The third-order valence-corrected chi connectivity index (χ3v) is 2.78. The number of hydrogen-bond donors (Lipinski definition) is 1. The standard InChI is InChI=1S/C11H22OS/c1-3-5-6-7-10(4-2)8-9-11(12)13/h10H,3-9H2,1-2H3,(H,12,13). The Balaban J connectivity index is 3.45. The quantitative estimate of drug-likeness (QED) is 0.467. The van der Waals surface area contributed by atoms with Gasteiger partial charge in [-0.05, 0) is 12.3 Å². The van der Waals surface area contributed by atoms with Crippen LogP contribution in [0.3, 0.4) is 0 Å². The van der Waals surface area contributed by atoms with Crippen LogP contribution in [0, 0.1) is 5.92 Å². The molecule has 2 heteroatoms. The fourth-order valence-electron chi connectivity index (χ4n) is 1.56. The zero-order valence-corrected chi connectivity index (χ0v) is 9.78. The van der Waals surface area contributed by atoms with Gasteiger partial charge in [-0.1, -0.05) is 46.0 Å². The highest BCUT2D eigenvalue weighted by atomic mass is 32.1. The van der Waals surface area contributed by atoms with Gasteiger partial charge in [0.05, 0.1) is 0 Å². The van der Waals surface area contributed by atoms with Crippen molar-refractivity contribution in [3.8, 4) is 0 Å². The van der Waals surface area contributed by atoms with Crippen molar-refractivity contribution < 1.29 is 4.79 Å². The van der Waals surface area contributed by atoms with Crippen LogP contribution in [-0.4, -0.2) is 5.12 Å². The van der Waals surface area contributed by atoms with Crippen molar-refractivity contribution in [2.45, 2.75) is 58.8 Å². The second kappa shape index (κ2) is 8.61. The average Bonchev–Trinajstić information content (AvgIpc) is 2.10. The molecular formula is C11H22OS. The first-order valence-electron chi connectivity index (χ1n) is 5.42. The summed E-state index contributed by atoms with van der Waals surface area (Å²) in [7, 11) is 0. The second-order valence-electron chi connectivity index (χ2n) is 3.70. The molecule has 0 amide bonds. The Labute approximate surface area is 87.7 Å². The molecule has 0 aliphatic rings. The van der Waals surface area contributed by atoms with E-state index < -0.39 is 0 Å². The molecule has 0 N–H and O–H groups in total. The number of carbonyl (C=O) groups excluding carboxylic acids is 1. The van der Waals surface area contributed by atoms with Gasteiger partial charge in [-0.25, -0.2) is 0 Å². The Morgan fingerprint density at radius 2 is 1.92 bits per heavy atom.